The summed E-state index contributed by atoms with van der Waals surface area (Å²) in [6, 6.07) is 2.16. The molecule has 0 aliphatic heterocycles. The van der Waals surface area contributed by atoms with Crippen molar-refractivity contribution in [3.8, 4) is 0 Å². The molecule has 1 aliphatic carbocycles. The average Bonchev–Trinajstić information content (AvgIpc) is 3.08. The molecule has 3 heteroatoms. The van der Waals surface area contributed by atoms with E-state index in [0.717, 1.165) is 5.56 Å². The third-order valence-corrected chi connectivity index (χ3v) is 3.00. The molecule has 1 amide bonds. The van der Waals surface area contributed by atoms with Gasteiger partial charge in [-0.1, -0.05) is 26.8 Å². The zero-order valence-corrected chi connectivity index (χ0v) is 10.8. The standard InChI is InChI=1S/C14H20N2O/c1-14(2,3)13(17)16-8-10-6-12(9-15-7-10)11-4-5-11/h6-7,9,11H,4-5,8H2,1-3H3,(H,16,17). The first-order valence-corrected chi connectivity index (χ1v) is 6.19. The van der Waals surface area contributed by atoms with Gasteiger partial charge in [0.2, 0.25) is 5.91 Å². The molecule has 1 heterocycles. The van der Waals surface area contributed by atoms with Crippen molar-refractivity contribution in [2.75, 3.05) is 0 Å². The average molecular weight is 232 g/mol. The zero-order valence-electron chi connectivity index (χ0n) is 10.8. The van der Waals surface area contributed by atoms with E-state index >= 15 is 0 Å². The maximum Gasteiger partial charge on any atom is 0.225 e. The Morgan fingerprint density at radius 2 is 2.12 bits per heavy atom. The Labute approximate surface area is 103 Å². The van der Waals surface area contributed by atoms with Gasteiger partial charge in [-0.05, 0) is 29.9 Å². The molecule has 1 N–H and O–H groups in total. The van der Waals surface area contributed by atoms with Crippen molar-refractivity contribution in [1.82, 2.24) is 10.3 Å². The van der Waals surface area contributed by atoms with Gasteiger partial charge in [0.15, 0.2) is 0 Å². The summed E-state index contributed by atoms with van der Waals surface area (Å²) in [5.41, 5.74) is 2.07. The summed E-state index contributed by atoms with van der Waals surface area (Å²) in [5.74, 6) is 0.787. The third-order valence-electron chi connectivity index (χ3n) is 3.00. The van der Waals surface area contributed by atoms with Gasteiger partial charge in [-0.15, -0.1) is 0 Å². The Balaban J connectivity index is 1.94. The molecule has 0 spiro atoms. The van der Waals surface area contributed by atoms with Crippen molar-refractivity contribution in [3.63, 3.8) is 0 Å². The van der Waals surface area contributed by atoms with E-state index in [1.807, 2.05) is 33.2 Å². The van der Waals surface area contributed by atoms with Crippen LogP contribution in [0.3, 0.4) is 0 Å². The van der Waals surface area contributed by atoms with Crippen LogP contribution in [-0.4, -0.2) is 10.9 Å². The lowest BCUT2D eigenvalue weighted by atomic mass is 9.95. The van der Waals surface area contributed by atoms with Crippen molar-refractivity contribution in [3.05, 3.63) is 29.6 Å². The summed E-state index contributed by atoms with van der Waals surface area (Å²) in [5, 5.41) is 2.95. The predicted molar refractivity (Wildman–Crippen MR) is 67.5 cm³/mol. The van der Waals surface area contributed by atoms with Crippen molar-refractivity contribution in [2.45, 2.75) is 46.1 Å². The first-order chi connectivity index (χ1) is 7.97. The van der Waals surface area contributed by atoms with E-state index in [1.165, 1.54) is 18.4 Å². The fourth-order valence-corrected chi connectivity index (χ4v) is 1.69. The fraction of sp³-hybridized carbons (Fsp3) is 0.571. The van der Waals surface area contributed by atoms with E-state index < -0.39 is 0 Å². The number of carbonyl (C=O) groups is 1. The lowest BCUT2D eigenvalue weighted by Gasteiger charge is -2.17. The SMILES string of the molecule is CC(C)(C)C(=O)NCc1cncc(C2CC2)c1. The molecular weight excluding hydrogens is 212 g/mol. The van der Waals surface area contributed by atoms with E-state index in [1.54, 1.807) is 0 Å². The lowest BCUT2D eigenvalue weighted by molar-refractivity contribution is -0.128. The Kier molecular flexibility index (Phi) is 3.18. The van der Waals surface area contributed by atoms with Gasteiger partial charge in [0.05, 0.1) is 0 Å². The molecule has 17 heavy (non-hydrogen) atoms. The molecule has 0 aromatic carbocycles. The summed E-state index contributed by atoms with van der Waals surface area (Å²) in [4.78, 5) is 16.0. The summed E-state index contributed by atoms with van der Waals surface area (Å²) < 4.78 is 0. The molecule has 1 aromatic rings. The van der Waals surface area contributed by atoms with Gasteiger partial charge in [-0.3, -0.25) is 9.78 Å². The van der Waals surface area contributed by atoms with E-state index in [2.05, 4.69) is 16.4 Å². The number of nitrogens with zero attached hydrogens (tertiary/aromatic N) is 1. The van der Waals surface area contributed by atoms with Crippen molar-refractivity contribution < 1.29 is 4.79 Å². The van der Waals surface area contributed by atoms with Crippen molar-refractivity contribution in [1.29, 1.82) is 0 Å². The Hall–Kier alpha value is -1.38. The van der Waals surface area contributed by atoms with Gasteiger partial charge >= 0.3 is 0 Å². The molecule has 1 saturated carbocycles. The highest BCUT2D eigenvalue weighted by atomic mass is 16.2. The van der Waals surface area contributed by atoms with Gasteiger partial charge in [0.1, 0.15) is 0 Å². The minimum Gasteiger partial charge on any atom is -0.352 e. The molecule has 92 valence electrons. The Morgan fingerprint density at radius 3 is 2.71 bits per heavy atom. The number of carbonyl (C=O) groups excluding carboxylic acids is 1. The van der Waals surface area contributed by atoms with E-state index in [9.17, 15) is 4.79 Å². The number of hydrogen-bond acceptors (Lipinski definition) is 2. The molecule has 0 unspecified atom stereocenters. The highest BCUT2D eigenvalue weighted by Crippen LogP contribution is 2.39. The summed E-state index contributed by atoms with van der Waals surface area (Å²) >= 11 is 0. The predicted octanol–water partition coefficient (Wildman–Crippen LogP) is 2.62. The molecule has 1 aromatic heterocycles. The normalized spacial score (nSPS) is 15.7. The van der Waals surface area contributed by atoms with Crippen LogP contribution < -0.4 is 5.32 Å². The number of hydrogen-bond donors (Lipinski definition) is 1. The molecular formula is C14H20N2O. The highest BCUT2D eigenvalue weighted by Gasteiger charge is 2.24. The molecule has 0 bridgehead atoms. The van der Waals surface area contributed by atoms with Gasteiger partial charge in [-0.2, -0.15) is 0 Å². The lowest BCUT2D eigenvalue weighted by Crippen LogP contribution is -2.34. The molecule has 1 fully saturated rings. The first-order valence-electron chi connectivity index (χ1n) is 6.19. The fourth-order valence-electron chi connectivity index (χ4n) is 1.69. The number of nitrogens with one attached hydrogen (secondary N) is 1. The number of pyridine rings is 1. The maximum atomic E-state index is 11.7. The third kappa shape index (κ3) is 3.29. The number of aromatic nitrogens is 1. The molecule has 1 aliphatic rings. The molecule has 0 saturated heterocycles. The van der Waals surface area contributed by atoms with Crippen LogP contribution in [-0.2, 0) is 11.3 Å². The van der Waals surface area contributed by atoms with Gasteiger partial charge < -0.3 is 5.32 Å². The van der Waals surface area contributed by atoms with Crippen LogP contribution in [0, 0.1) is 5.41 Å². The van der Waals surface area contributed by atoms with Crippen LogP contribution in [0.2, 0.25) is 0 Å². The largest absolute Gasteiger partial charge is 0.352 e. The van der Waals surface area contributed by atoms with Crippen LogP contribution in [0.15, 0.2) is 18.5 Å². The minimum absolute atomic E-state index is 0.0781. The first kappa shape index (κ1) is 12.1. The van der Waals surface area contributed by atoms with E-state index in [0.29, 0.717) is 12.5 Å². The monoisotopic (exact) mass is 232 g/mol. The Morgan fingerprint density at radius 1 is 1.41 bits per heavy atom. The molecule has 3 nitrogen and oxygen atoms in total. The van der Waals surface area contributed by atoms with Gasteiger partial charge in [0, 0.05) is 24.4 Å². The van der Waals surface area contributed by atoms with Crippen LogP contribution in [0.5, 0.6) is 0 Å². The molecule has 2 rings (SSSR count). The Bertz CT molecular complexity index is 416. The van der Waals surface area contributed by atoms with Gasteiger partial charge in [0.25, 0.3) is 0 Å². The van der Waals surface area contributed by atoms with E-state index in [4.69, 9.17) is 0 Å². The van der Waals surface area contributed by atoms with Crippen LogP contribution in [0.25, 0.3) is 0 Å². The quantitative estimate of drug-likeness (QED) is 0.870. The van der Waals surface area contributed by atoms with Crippen molar-refractivity contribution >= 4 is 5.91 Å². The van der Waals surface area contributed by atoms with E-state index in [-0.39, 0.29) is 11.3 Å². The summed E-state index contributed by atoms with van der Waals surface area (Å²) in [6.45, 7) is 6.33. The van der Waals surface area contributed by atoms with Crippen LogP contribution in [0.4, 0.5) is 0 Å². The minimum atomic E-state index is -0.332. The summed E-state index contributed by atoms with van der Waals surface area (Å²) in [6.07, 6.45) is 6.32. The molecule has 0 radical (unpaired) electrons. The smallest absolute Gasteiger partial charge is 0.225 e. The van der Waals surface area contributed by atoms with Crippen molar-refractivity contribution in [2.24, 2.45) is 5.41 Å². The van der Waals surface area contributed by atoms with Gasteiger partial charge in [-0.25, -0.2) is 0 Å². The molecule has 0 atom stereocenters. The van der Waals surface area contributed by atoms with Crippen LogP contribution >= 0.6 is 0 Å². The second-order valence-electron chi connectivity index (χ2n) is 5.83. The second kappa shape index (κ2) is 4.47. The highest BCUT2D eigenvalue weighted by molar-refractivity contribution is 5.81. The van der Waals surface area contributed by atoms with Crippen LogP contribution in [0.1, 0.15) is 50.7 Å². The maximum absolute atomic E-state index is 11.7. The summed E-state index contributed by atoms with van der Waals surface area (Å²) in [7, 11) is 0. The topological polar surface area (TPSA) is 42.0 Å². The number of amides is 1. The second-order valence-corrected chi connectivity index (χ2v) is 5.83. The zero-order chi connectivity index (χ0) is 12.5. The number of rotatable bonds is 3.